The van der Waals surface area contributed by atoms with Crippen LogP contribution in [0.15, 0.2) is 413 Å². The molecule has 0 radical (unpaired) electrons. The van der Waals surface area contributed by atoms with Crippen LogP contribution in [0.3, 0.4) is 0 Å². The monoisotopic (exact) mass is 1730 g/mol. The second-order valence-electron chi connectivity index (χ2n) is 40.5. The minimum absolute atomic E-state index is 0.0438. The Bertz CT molecular complexity index is 9740. The van der Waals surface area contributed by atoms with Crippen LogP contribution in [-0.4, -0.2) is 40.8 Å². The molecule has 4 aliphatic heterocycles. The highest BCUT2D eigenvalue weighted by Crippen LogP contribution is 2.54. The summed E-state index contributed by atoms with van der Waals surface area (Å²) in [5.74, 6) is 0. The zero-order chi connectivity index (χ0) is 89.7. The van der Waals surface area contributed by atoms with Crippen LogP contribution in [0.4, 0.5) is 0 Å². The highest BCUT2D eigenvalue weighted by molar-refractivity contribution is 7.02. The van der Waals surface area contributed by atoms with Crippen LogP contribution in [0.5, 0.6) is 0 Å². The van der Waals surface area contributed by atoms with Gasteiger partial charge in [0.1, 0.15) is 0 Å². The van der Waals surface area contributed by atoms with E-state index in [-0.39, 0.29) is 24.3 Å². The molecule has 6 nitrogen and oxygen atoms in total. The van der Waals surface area contributed by atoms with Gasteiger partial charge in [-0.25, -0.2) is 0 Å². The molecule has 30 rings (SSSR count). The van der Waals surface area contributed by atoms with E-state index in [9.17, 15) is 0 Å². The van der Waals surface area contributed by atoms with Gasteiger partial charge in [0.2, 0.25) is 0 Å². The molecule has 0 unspecified atom stereocenters. The van der Waals surface area contributed by atoms with Crippen molar-refractivity contribution in [1.82, 2.24) is 27.4 Å². The number of para-hydroxylation sites is 3. The number of fused-ring (bicyclic) bond motifs is 24. The van der Waals surface area contributed by atoms with E-state index in [1.165, 1.54) is 248 Å². The molecule has 0 spiro atoms. The molecule has 6 aromatic heterocycles. The third-order valence-corrected chi connectivity index (χ3v) is 31.2. The molecule has 0 amide bonds. The number of benzene rings is 20. The second kappa shape index (κ2) is 27.5. The fourth-order valence-electron chi connectivity index (χ4n) is 25.4. The van der Waals surface area contributed by atoms with Gasteiger partial charge in [0.15, 0.2) is 0 Å². The van der Waals surface area contributed by atoms with E-state index >= 15 is 0 Å². The Balaban J connectivity index is 0.633. The molecule has 0 saturated heterocycles. The van der Waals surface area contributed by atoms with E-state index in [2.05, 4.69) is 481 Å². The maximum atomic E-state index is 2.72. The van der Waals surface area contributed by atoms with Crippen molar-refractivity contribution in [1.29, 1.82) is 0 Å². The maximum absolute atomic E-state index is 2.72. The van der Waals surface area contributed by atoms with Crippen molar-refractivity contribution >= 4 is 177 Å². The first kappa shape index (κ1) is 75.9. The van der Waals surface area contributed by atoms with Crippen LogP contribution in [0, 0.1) is 0 Å². The summed E-state index contributed by atoms with van der Waals surface area (Å²) in [6.45, 7) is 13.7. The minimum atomic E-state index is -0.166. The highest BCUT2D eigenvalue weighted by atomic mass is 15.1. The van der Waals surface area contributed by atoms with Gasteiger partial charge >= 0.3 is 0 Å². The Labute approximate surface area is 786 Å². The molecule has 0 aliphatic carbocycles. The second-order valence-corrected chi connectivity index (χ2v) is 40.5. The summed E-state index contributed by atoms with van der Waals surface area (Å²) in [6.07, 6.45) is 0. The van der Waals surface area contributed by atoms with Crippen molar-refractivity contribution in [3.8, 4) is 112 Å². The third-order valence-electron chi connectivity index (χ3n) is 31.2. The molecule has 0 N–H and O–H groups in total. The van der Waals surface area contributed by atoms with Crippen molar-refractivity contribution < 1.29 is 0 Å². The molecular weight excluding hydrogens is 1640 g/mol. The Morgan fingerprint density at radius 1 is 0.184 bits per heavy atom. The standard InChI is InChI=1S/C128H86B2N6/c1-127(2,3)87-56-61-105-95(73-87)96-74-88(128(4,5)6)57-62-106(96)132(105)108-64-59-100-126-116(108)93-51-28-31-54-103(93)134(126)110-70-86(76-35-14-8-15-36-76)72-112-120(110)130(100)118-90-48-25-23-44-83(90)68-98-114(122(136(112)124(98)118)79-41-20-11-21-42-79)84-46-32-45-80(65-84)81-55-60-104-94(66-81)91-49-26-29-52-101(91)131(104)107-63-58-99-125-115(107)92-50-27-30-53-102(92)133(125)109-69-85(75-33-12-7-13-34-75)71-111-119(109)129(99)117-89-47-24-22-43-82(89)67-97-113(77-37-16-9-17-38-77)121(135(111)123(97)117)78-39-18-10-19-40-78/h7-74H,1-6H3. The Morgan fingerprint density at radius 2 is 0.522 bits per heavy atom. The van der Waals surface area contributed by atoms with Crippen molar-refractivity contribution in [3.63, 3.8) is 0 Å². The summed E-state index contributed by atoms with van der Waals surface area (Å²) in [5.41, 5.74) is 46.3. The normalized spacial score (nSPS) is 13.0. The molecule has 20 aromatic carbocycles. The van der Waals surface area contributed by atoms with E-state index < -0.39 is 0 Å². The van der Waals surface area contributed by atoms with Gasteiger partial charge in [0.05, 0.1) is 77.9 Å². The fraction of sp³-hybridized carbons (Fsp3) is 0.0625. The van der Waals surface area contributed by atoms with Crippen LogP contribution in [-0.2, 0) is 10.8 Å². The summed E-state index contributed by atoms with van der Waals surface area (Å²) in [5, 5.41) is 17.4. The molecule has 8 heteroatoms. The van der Waals surface area contributed by atoms with Gasteiger partial charge < -0.3 is 27.4 Å². The average molecular weight is 1730 g/mol. The first-order valence-electron chi connectivity index (χ1n) is 48.0. The molecule has 10 heterocycles. The van der Waals surface area contributed by atoms with Crippen LogP contribution in [0.25, 0.3) is 243 Å². The molecule has 136 heavy (non-hydrogen) atoms. The Morgan fingerprint density at radius 3 is 0.971 bits per heavy atom. The molecule has 4 aliphatic rings. The lowest BCUT2D eigenvalue weighted by Gasteiger charge is -2.35. The predicted octanol–water partition coefficient (Wildman–Crippen LogP) is 28.8. The van der Waals surface area contributed by atoms with E-state index in [0.717, 1.165) is 39.0 Å². The Hall–Kier alpha value is -16.7. The number of hydrogen-bond donors (Lipinski definition) is 0. The first-order chi connectivity index (χ1) is 66.8. The van der Waals surface area contributed by atoms with Crippen LogP contribution in [0.1, 0.15) is 52.7 Å². The number of hydrogen-bond acceptors (Lipinski definition) is 0. The molecule has 0 fully saturated rings. The largest absolute Gasteiger partial charge is 0.310 e. The highest BCUT2D eigenvalue weighted by Gasteiger charge is 2.47. The number of aromatic nitrogens is 6. The molecule has 0 saturated carbocycles. The SMILES string of the molecule is CC(C)(C)c1ccc2c(c1)c1cc(C(C)(C)C)ccc1n2-c1ccc2c3c1c1ccccc1n3-c1cc(-c3ccccc3)cc3c1B2c1c2ccccc2cc2c(-c4cccc(-c5ccc6c(c5)c5ccccc5n6-c5ccc6c7c5c5ccccc5n7-c5cc(-c7ccccc7)cc7c5B6c5c6ccccc6cc6c(-c8ccccc8)c(-c8ccccc8)n-7c56)c4)c(-c4ccccc4)n-3c12. The van der Waals surface area contributed by atoms with Crippen LogP contribution in [0.2, 0.25) is 0 Å². The smallest absolute Gasteiger partial charge is 0.253 e. The molecular formula is C128H86B2N6. The molecule has 0 atom stereocenters. The average Bonchev–Trinajstić information content (AvgIpc) is 1.48. The summed E-state index contributed by atoms with van der Waals surface area (Å²) in [7, 11) is 0. The summed E-state index contributed by atoms with van der Waals surface area (Å²) in [6, 6.07) is 159. The Kier molecular flexibility index (Phi) is 15.4. The van der Waals surface area contributed by atoms with Gasteiger partial charge in [-0.1, -0.05) is 345 Å². The van der Waals surface area contributed by atoms with Gasteiger partial charge in [-0.2, -0.15) is 0 Å². The lowest BCUT2D eigenvalue weighted by molar-refractivity contribution is 0.590. The zero-order valence-electron chi connectivity index (χ0n) is 76.1. The topological polar surface area (TPSA) is 29.6 Å². The van der Waals surface area contributed by atoms with Gasteiger partial charge in [-0.05, 0) is 241 Å². The number of nitrogens with zero attached hydrogens (tertiary/aromatic N) is 6. The van der Waals surface area contributed by atoms with E-state index in [4.69, 9.17) is 0 Å². The third kappa shape index (κ3) is 10.3. The van der Waals surface area contributed by atoms with Crippen LogP contribution >= 0.6 is 0 Å². The predicted molar refractivity (Wildman–Crippen MR) is 577 cm³/mol. The number of rotatable bonds is 9. The first-order valence-corrected chi connectivity index (χ1v) is 48.0. The van der Waals surface area contributed by atoms with E-state index in [0.29, 0.717) is 0 Å². The van der Waals surface area contributed by atoms with E-state index in [1.807, 2.05) is 0 Å². The molecule has 0 bridgehead atoms. The van der Waals surface area contributed by atoms with Crippen molar-refractivity contribution in [2.24, 2.45) is 0 Å². The van der Waals surface area contributed by atoms with Crippen molar-refractivity contribution in [3.05, 3.63) is 424 Å². The van der Waals surface area contributed by atoms with Crippen molar-refractivity contribution in [2.45, 2.75) is 52.4 Å². The van der Waals surface area contributed by atoms with Gasteiger partial charge in [0, 0.05) is 87.7 Å². The van der Waals surface area contributed by atoms with Gasteiger partial charge in [0.25, 0.3) is 13.4 Å². The van der Waals surface area contributed by atoms with E-state index in [1.54, 1.807) is 0 Å². The van der Waals surface area contributed by atoms with Gasteiger partial charge in [-0.15, -0.1) is 0 Å². The van der Waals surface area contributed by atoms with Crippen molar-refractivity contribution in [2.75, 3.05) is 0 Å². The van der Waals surface area contributed by atoms with Gasteiger partial charge in [-0.3, -0.25) is 0 Å². The maximum Gasteiger partial charge on any atom is 0.253 e. The zero-order valence-corrected chi connectivity index (χ0v) is 76.1. The lowest BCUT2D eigenvalue weighted by Crippen LogP contribution is -2.59. The lowest BCUT2D eigenvalue weighted by atomic mass is 9.33. The fourth-order valence-corrected chi connectivity index (χ4v) is 25.4. The molecule has 634 valence electrons. The quantitative estimate of drug-likeness (QED) is 0.129. The summed E-state index contributed by atoms with van der Waals surface area (Å²) >= 11 is 0. The van der Waals surface area contributed by atoms with Crippen LogP contribution < -0.4 is 32.8 Å². The minimum Gasteiger partial charge on any atom is -0.310 e. The molecule has 26 aromatic rings. The summed E-state index contributed by atoms with van der Waals surface area (Å²) < 4.78 is 15.9. The summed E-state index contributed by atoms with van der Waals surface area (Å²) in [4.78, 5) is 0.